The fraction of sp³-hybridized carbons (Fsp3) is 0.321. The summed E-state index contributed by atoms with van der Waals surface area (Å²) >= 11 is 0. The zero-order valence-electron chi connectivity index (χ0n) is 36.6. The molecule has 6 aliphatic carbocycles. The highest BCUT2D eigenvalue weighted by molar-refractivity contribution is 5.67. The van der Waals surface area contributed by atoms with Crippen LogP contribution in [0.25, 0.3) is 45.3 Å². The van der Waals surface area contributed by atoms with E-state index in [2.05, 4.69) is 137 Å². The largest absolute Gasteiger partial charge is 0.497 e. The summed E-state index contributed by atoms with van der Waals surface area (Å²) in [5.74, 6) is 4.70. The minimum atomic E-state index is 0.257. The van der Waals surface area contributed by atoms with Crippen molar-refractivity contribution in [1.82, 2.24) is 19.9 Å². The van der Waals surface area contributed by atoms with Gasteiger partial charge in [-0.05, 0) is 167 Å². The maximum absolute atomic E-state index is 5.47. The number of aromatic nitrogens is 4. The van der Waals surface area contributed by atoms with Crippen molar-refractivity contribution in [2.45, 2.75) is 77.0 Å². The van der Waals surface area contributed by atoms with Gasteiger partial charge in [-0.2, -0.15) is 0 Å². The molecule has 0 saturated heterocycles. The molecular weight excluding hydrogens is 761 g/mol. The van der Waals surface area contributed by atoms with Gasteiger partial charge in [0.15, 0.2) is 0 Å². The third kappa shape index (κ3) is 6.36. The molecule has 2 saturated carbocycles. The van der Waals surface area contributed by atoms with E-state index in [4.69, 9.17) is 29.4 Å². The first kappa shape index (κ1) is 38.8. The van der Waals surface area contributed by atoms with Gasteiger partial charge in [0, 0.05) is 34.4 Å². The van der Waals surface area contributed by atoms with Gasteiger partial charge in [0.1, 0.15) is 11.5 Å². The summed E-state index contributed by atoms with van der Waals surface area (Å²) in [5, 5.41) is 0. The van der Waals surface area contributed by atoms with Crippen molar-refractivity contribution in [3.63, 3.8) is 0 Å². The van der Waals surface area contributed by atoms with Gasteiger partial charge in [-0.25, -0.2) is 9.97 Å². The number of ether oxygens (including phenoxy) is 2. The molecule has 6 heteroatoms. The average molecular weight is 815 g/mol. The lowest BCUT2D eigenvalue weighted by molar-refractivity contribution is -0.00768. The molecule has 4 aromatic heterocycles. The van der Waals surface area contributed by atoms with Gasteiger partial charge in [0.2, 0.25) is 0 Å². The maximum atomic E-state index is 5.47. The van der Waals surface area contributed by atoms with Crippen molar-refractivity contribution in [2.75, 3.05) is 14.2 Å². The molecule has 62 heavy (non-hydrogen) atoms. The number of hydrogen-bond acceptors (Lipinski definition) is 6. The molecule has 3 aromatic carbocycles. The van der Waals surface area contributed by atoms with Crippen LogP contribution in [0.2, 0.25) is 0 Å². The van der Waals surface area contributed by atoms with Crippen LogP contribution in [0.15, 0.2) is 133 Å². The minimum absolute atomic E-state index is 0.257. The first-order valence-electron chi connectivity index (χ1n) is 22.4. The second kappa shape index (κ2) is 14.8. The molecule has 4 heterocycles. The maximum Gasteiger partial charge on any atom is 0.118 e. The Hall–Kier alpha value is -6.14. The van der Waals surface area contributed by atoms with Gasteiger partial charge in [0.05, 0.1) is 48.4 Å². The fourth-order valence-electron chi connectivity index (χ4n) is 12.0. The van der Waals surface area contributed by atoms with E-state index in [0.717, 1.165) is 69.6 Å². The average Bonchev–Trinajstić information content (AvgIpc) is 3.31. The highest BCUT2D eigenvalue weighted by atomic mass is 16.5. The molecule has 0 N–H and O–H groups in total. The standard InChI is InChI=1S/C56H54N4O2/c1-55(2)43-31-45(55)41(53-39(43)25-27-51(59-53)49-11-7-9-47(57-49)35-17-21-37(61-5)22-18-35)29-33-13-15-34(16-14-33)30-42-46-32-44(56(46,3)4)40-26-28-52(60-54(40)42)50-12-8-10-48(58-50)36-19-23-38(62-6)24-20-36/h7-28,41-46H,29-32H2,1-6H3/t41-,42-,43-,44-,45+,46+/m0/s1. The van der Waals surface area contributed by atoms with Crippen LogP contribution in [0.3, 0.4) is 0 Å². The van der Waals surface area contributed by atoms with E-state index in [1.807, 2.05) is 24.3 Å². The van der Waals surface area contributed by atoms with Crippen LogP contribution in [-0.4, -0.2) is 34.2 Å². The van der Waals surface area contributed by atoms with Crippen LogP contribution >= 0.6 is 0 Å². The Bertz CT molecular complexity index is 2620. The van der Waals surface area contributed by atoms with E-state index in [0.29, 0.717) is 35.5 Å². The molecule has 6 aliphatic rings. The van der Waals surface area contributed by atoms with E-state index in [1.165, 1.54) is 46.5 Å². The van der Waals surface area contributed by atoms with Crippen LogP contribution in [0, 0.1) is 22.7 Å². The summed E-state index contributed by atoms with van der Waals surface area (Å²) in [6.07, 6.45) is 4.46. The van der Waals surface area contributed by atoms with E-state index < -0.39 is 0 Å². The minimum Gasteiger partial charge on any atom is -0.497 e. The molecule has 0 amide bonds. The van der Waals surface area contributed by atoms with Crippen molar-refractivity contribution in [3.8, 4) is 56.8 Å². The monoisotopic (exact) mass is 814 g/mol. The molecular formula is C56H54N4O2. The molecule has 13 rings (SSSR count). The summed E-state index contributed by atoms with van der Waals surface area (Å²) in [6, 6.07) is 47.4. The van der Waals surface area contributed by atoms with Gasteiger partial charge in [-0.3, -0.25) is 9.97 Å². The van der Waals surface area contributed by atoms with Crippen molar-refractivity contribution in [3.05, 3.63) is 167 Å². The first-order chi connectivity index (χ1) is 30.1. The number of hydrogen-bond donors (Lipinski definition) is 0. The number of benzene rings is 3. The van der Waals surface area contributed by atoms with Gasteiger partial charge in [-0.1, -0.05) is 76.2 Å². The van der Waals surface area contributed by atoms with E-state index >= 15 is 0 Å². The van der Waals surface area contributed by atoms with Gasteiger partial charge >= 0.3 is 0 Å². The van der Waals surface area contributed by atoms with E-state index in [9.17, 15) is 0 Å². The zero-order chi connectivity index (χ0) is 42.3. The van der Waals surface area contributed by atoms with Gasteiger partial charge in [-0.15, -0.1) is 0 Å². The molecule has 4 bridgehead atoms. The van der Waals surface area contributed by atoms with Crippen LogP contribution in [0.4, 0.5) is 0 Å². The second-order valence-electron chi connectivity index (χ2n) is 19.5. The summed E-state index contributed by atoms with van der Waals surface area (Å²) in [5.41, 5.74) is 16.4. The number of methoxy groups -OCH3 is 2. The molecule has 6 atom stereocenters. The van der Waals surface area contributed by atoms with E-state index in [1.54, 1.807) is 14.2 Å². The highest BCUT2D eigenvalue weighted by Crippen LogP contribution is 2.68. The highest BCUT2D eigenvalue weighted by Gasteiger charge is 2.58. The van der Waals surface area contributed by atoms with Crippen molar-refractivity contribution >= 4 is 0 Å². The number of pyridine rings is 4. The van der Waals surface area contributed by atoms with Crippen molar-refractivity contribution < 1.29 is 9.47 Å². The summed E-state index contributed by atoms with van der Waals surface area (Å²) in [6.45, 7) is 9.89. The predicted molar refractivity (Wildman–Crippen MR) is 248 cm³/mol. The molecule has 7 aromatic rings. The number of nitrogens with zero attached hydrogens (tertiary/aromatic N) is 4. The lowest BCUT2D eigenvalue weighted by atomic mass is 9.44. The van der Waals surface area contributed by atoms with Crippen LogP contribution in [0.1, 0.15) is 97.8 Å². The molecule has 6 nitrogen and oxygen atoms in total. The second-order valence-corrected chi connectivity index (χ2v) is 19.5. The van der Waals surface area contributed by atoms with Crippen LogP contribution in [-0.2, 0) is 12.8 Å². The zero-order valence-corrected chi connectivity index (χ0v) is 36.6. The molecule has 2 fully saturated rings. The number of rotatable bonds is 10. The topological polar surface area (TPSA) is 70.0 Å². The molecule has 0 radical (unpaired) electrons. The summed E-state index contributed by atoms with van der Waals surface area (Å²) in [7, 11) is 3.39. The Morgan fingerprint density at radius 2 is 0.806 bits per heavy atom. The quantitative estimate of drug-likeness (QED) is 0.137. The molecule has 0 unspecified atom stereocenters. The fourth-order valence-corrected chi connectivity index (χ4v) is 12.0. The first-order valence-corrected chi connectivity index (χ1v) is 22.4. The summed E-state index contributed by atoms with van der Waals surface area (Å²) < 4.78 is 10.8. The Morgan fingerprint density at radius 1 is 0.435 bits per heavy atom. The Morgan fingerprint density at radius 3 is 1.18 bits per heavy atom. The van der Waals surface area contributed by atoms with Crippen LogP contribution in [0.5, 0.6) is 11.5 Å². The van der Waals surface area contributed by atoms with E-state index in [-0.39, 0.29) is 10.8 Å². The van der Waals surface area contributed by atoms with Gasteiger partial charge in [0.25, 0.3) is 0 Å². The molecule has 0 spiro atoms. The Labute approximate surface area is 365 Å². The Kier molecular flexibility index (Phi) is 9.22. The van der Waals surface area contributed by atoms with Crippen molar-refractivity contribution in [1.29, 1.82) is 0 Å². The smallest absolute Gasteiger partial charge is 0.118 e. The Balaban J connectivity index is 0.857. The lowest BCUT2D eigenvalue weighted by Gasteiger charge is -2.60. The van der Waals surface area contributed by atoms with Crippen LogP contribution < -0.4 is 9.47 Å². The predicted octanol–water partition coefficient (Wildman–Crippen LogP) is 12.9. The van der Waals surface area contributed by atoms with Crippen molar-refractivity contribution in [2.24, 2.45) is 22.7 Å². The normalized spacial score (nSPS) is 23.3. The summed E-state index contributed by atoms with van der Waals surface area (Å²) in [4.78, 5) is 21.1. The third-order valence-corrected chi connectivity index (χ3v) is 15.8. The van der Waals surface area contributed by atoms with Gasteiger partial charge < -0.3 is 9.47 Å². The lowest BCUT2D eigenvalue weighted by Crippen LogP contribution is -2.51. The molecule has 0 aliphatic heterocycles. The third-order valence-electron chi connectivity index (χ3n) is 15.8. The molecule has 310 valence electrons. The SMILES string of the molecule is COc1ccc(-c2cccc(-c3ccc4c(n3)[C@@H](Cc3ccc(C[C@@H]5c6nc(-c7cccc(-c8ccc(OC)cc8)n7)ccc6[C@@H]6C[C@H]5C6(C)C)cc3)[C@H]3C[C@@H]4C3(C)C)n2)cc1.